The molecule has 186 valence electrons. The van der Waals surface area contributed by atoms with Gasteiger partial charge in [0.25, 0.3) is 0 Å². The monoisotopic (exact) mass is 456 g/mol. The molecule has 0 saturated heterocycles. The van der Waals surface area contributed by atoms with E-state index in [4.69, 9.17) is 0 Å². The molecule has 4 rings (SSSR count). The fourth-order valence-corrected chi connectivity index (χ4v) is 8.80. The molecule has 2 fully saturated rings. The highest BCUT2D eigenvalue weighted by Gasteiger charge is 2.66. The van der Waals surface area contributed by atoms with Crippen molar-refractivity contribution < 1.29 is 15.3 Å². The van der Waals surface area contributed by atoms with Crippen LogP contribution in [-0.4, -0.2) is 34.1 Å². The summed E-state index contributed by atoms with van der Waals surface area (Å²) in [5.74, 6) is 0.940. The summed E-state index contributed by atoms with van der Waals surface area (Å²) in [6, 6.07) is 0. The summed E-state index contributed by atoms with van der Waals surface area (Å²) in [5, 5.41) is 32.8. The molecule has 4 aliphatic rings. The first-order valence-electron chi connectivity index (χ1n) is 13.4. The smallest absolute Gasteiger partial charge is 0.0642 e. The molecule has 0 aromatic carbocycles. The molecule has 33 heavy (non-hydrogen) atoms. The van der Waals surface area contributed by atoms with Crippen LogP contribution in [-0.2, 0) is 0 Å². The lowest BCUT2D eigenvalue weighted by Gasteiger charge is -2.61. The van der Waals surface area contributed by atoms with Gasteiger partial charge in [-0.05, 0) is 104 Å². The van der Waals surface area contributed by atoms with Crippen molar-refractivity contribution >= 4 is 0 Å². The van der Waals surface area contributed by atoms with Crippen molar-refractivity contribution in [2.75, 3.05) is 6.61 Å². The van der Waals surface area contributed by atoms with Crippen molar-refractivity contribution in [3.63, 3.8) is 0 Å². The Hall–Kier alpha value is -0.900. The Morgan fingerprint density at radius 2 is 1.76 bits per heavy atom. The van der Waals surface area contributed by atoms with Gasteiger partial charge >= 0.3 is 0 Å². The maximum absolute atomic E-state index is 11.6. The van der Waals surface area contributed by atoms with E-state index >= 15 is 0 Å². The molecule has 8 atom stereocenters. The maximum atomic E-state index is 11.6. The SMILES string of the molecule is CC(C)=CCCC(CO)C1CC(O)C2(C)C3=CCC4C(C)(CCC(O)C4(C)C)C3=CCC12C. The third kappa shape index (κ3) is 3.47. The Bertz CT molecular complexity index is 862. The molecule has 0 aromatic rings. The van der Waals surface area contributed by atoms with Crippen LogP contribution >= 0.6 is 0 Å². The Balaban J connectivity index is 1.72. The van der Waals surface area contributed by atoms with E-state index in [1.54, 1.807) is 0 Å². The second-order valence-corrected chi connectivity index (χ2v) is 13.3. The molecule has 3 nitrogen and oxygen atoms in total. The number of allylic oxidation sites excluding steroid dienone is 5. The van der Waals surface area contributed by atoms with E-state index in [-0.39, 0.29) is 46.4 Å². The van der Waals surface area contributed by atoms with Crippen LogP contribution in [0.2, 0.25) is 0 Å². The molecule has 3 N–H and O–H groups in total. The molecular weight excluding hydrogens is 408 g/mol. The Kier molecular flexibility index (Phi) is 6.37. The van der Waals surface area contributed by atoms with E-state index in [2.05, 4.69) is 66.7 Å². The van der Waals surface area contributed by atoms with Gasteiger partial charge < -0.3 is 15.3 Å². The van der Waals surface area contributed by atoms with Gasteiger partial charge in [-0.15, -0.1) is 0 Å². The zero-order valence-corrected chi connectivity index (χ0v) is 22.1. The molecule has 2 saturated carbocycles. The van der Waals surface area contributed by atoms with Crippen molar-refractivity contribution in [2.45, 2.75) is 106 Å². The van der Waals surface area contributed by atoms with Crippen LogP contribution in [0.5, 0.6) is 0 Å². The minimum atomic E-state index is -0.387. The van der Waals surface area contributed by atoms with Gasteiger partial charge in [-0.25, -0.2) is 0 Å². The van der Waals surface area contributed by atoms with Crippen LogP contribution in [0, 0.1) is 39.4 Å². The Labute approximate surface area is 202 Å². The van der Waals surface area contributed by atoms with Crippen LogP contribution in [0.25, 0.3) is 0 Å². The number of hydrogen-bond acceptors (Lipinski definition) is 3. The van der Waals surface area contributed by atoms with Gasteiger partial charge in [0.1, 0.15) is 0 Å². The third-order valence-corrected chi connectivity index (χ3v) is 11.3. The van der Waals surface area contributed by atoms with Gasteiger partial charge in [-0.3, -0.25) is 0 Å². The first-order chi connectivity index (χ1) is 15.3. The average molecular weight is 457 g/mol. The molecule has 0 aromatic heterocycles. The van der Waals surface area contributed by atoms with Gasteiger partial charge in [-0.2, -0.15) is 0 Å². The second kappa shape index (κ2) is 8.35. The maximum Gasteiger partial charge on any atom is 0.0642 e. The molecular formula is C30H48O3. The fraction of sp³-hybridized carbons (Fsp3) is 0.800. The topological polar surface area (TPSA) is 60.7 Å². The normalized spacial score (nSPS) is 44.7. The van der Waals surface area contributed by atoms with Gasteiger partial charge in [0.15, 0.2) is 0 Å². The summed E-state index contributed by atoms with van der Waals surface area (Å²) < 4.78 is 0. The lowest BCUT2D eigenvalue weighted by molar-refractivity contribution is -0.0874. The summed E-state index contributed by atoms with van der Waals surface area (Å²) in [7, 11) is 0. The van der Waals surface area contributed by atoms with E-state index in [9.17, 15) is 15.3 Å². The number of aliphatic hydroxyl groups is 3. The van der Waals surface area contributed by atoms with E-state index in [1.807, 2.05) is 0 Å². The minimum absolute atomic E-state index is 0.0504. The highest BCUT2D eigenvalue weighted by atomic mass is 16.3. The summed E-state index contributed by atoms with van der Waals surface area (Å²) >= 11 is 0. The number of fused-ring (bicyclic) bond motifs is 5. The van der Waals surface area contributed by atoms with Gasteiger partial charge in [0.05, 0.1) is 12.2 Å². The minimum Gasteiger partial charge on any atom is -0.396 e. The van der Waals surface area contributed by atoms with Crippen molar-refractivity contribution in [2.24, 2.45) is 39.4 Å². The van der Waals surface area contributed by atoms with Gasteiger partial charge in [0.2, 0.25) is 0 Å². The van der Waals surface area contributed by atoms with Gasteiger partial charge in [-0.1, -0.05) is 58.4 Å². The van der Waals surface area contributed by atoms with Gasteiger partial charge in [0, 0.05) is 12.0 Å². The zero-order chi connectivity index (χ0) is 24.4. The lowest BCUT2D eigenvalue weighted by Crippen LogP contribution is -2.55. The molecule has 0 heterocycles. The molecule has 8 unspecified atom stereocenters. The van der Waals surface area contributed by atoms with Crippen molar-refractivity contribution in [1.82, 2.24) is 0 Å². The van der Waals surface area contributed by atoms with E-state index in [0.717, 1.165) is 44.9 Å². The molecule has 0 radical (unpaired) electrons. The number of hydrogen-bond donors (Lipinski definition) is 3. The summed E-state index contributed by atoms with van der Waals surface area (Å²) in [6.07, 6.45) is 13.1. The van der Waals surface area contributed by atoms with Crippen LogP contribution in [0.1, 0.15) is 93.4 Å². The highest BCUT2D eigenvalue weighted by molar-refractivity contribution is 5.50. The summed E-state index contributed by atoms with van der Waals surface area (Å²) in [6.45, 7) is 16.1. The van der Waals surface area contributed by atoms with Crippen LogP contribution < -0.4 is 0 Å². The fourth-order valence-electron chi connectivity index (χ4n) is 8.80. The van der Waals surface area contributed by atoms with E-state index < -0.39 is 0 Å². The largest absolute Gasteiger partial charge is 0.396 e. The molecule has 3 heteroatoms. The number of aliphatic hydroxyl groups excluding tert-OH is 3. The molecule has 0 aliphatic heterocycles. The van der Waals surface area contributed by atoms with Crippen LogP contribution in [0.4, 0.5) is 0 Å². The predicted octanol–water partition coefficient (Wildman–Crippen LogP) is 6.20. The highest BCUT2D eigenvalue weighted by Crippen LogP contribution is 2.71. The third-order valence-electron chi connectivity index (χ3n) is 11.3. The van der Waals surface area contributed by atoms with Crippen LogP contribution in [0.3, 0.4) is 0 Å². The second-order valence-electron chi connectivity index (χ2n) is 13.3. The van der Waals surface area contributed by atoms with E-state index in [1.165, 1.54) is 16.7 Å². The predicted molar refractivity (Wildman–Crippen MR) is 136 cm³/mol. The van der Waals surface area contributed by atoms with Crippen molar-refractivity contribution in [3.8, 4) is 0 Å². The molecule has 0 amide bonds. The van der Waals surface area contributed by atoms with Crippen molar-refractivity contribution in [1.29, 1.82) is 0 Å². The van der Waals surface area contributed by atoms with Crippen molar-refractivity contribution in [3.05, 3.63) is 34.9 Å². The summed E-state index contributed by atoms with van der Waals surface area (Å²) in [5.41, 5.74) is 3.74. The summed E-state index contributed by atoms with van der Waals surface area (Å²) in [4.78, 5) is 0. The average Bonchev–Trinajstić information content (AvgIpc) is 2.95. The standard InChI is InChI=1S/C30H48O3/c1-19(2)9-8-10-20(18-31)23-17-26(33)30(7)22-11-12-24-27(3,4)25(32)14-15-28(24,5)21(22)13-16-29(23,30)6/h9,11,13,20,23-26,31-33H,8,10,12,14-18H2,1-7H3. The zero-order valence-electron chi connectivity index (χ0n) is 22.1. The van der Waals surface area contributed by atoms with Crippen LogP contribution in [0.15, 0.2) is 34.9 Å². The lowest BCUT2D eigenvalue weighted by atomic mass is 9.44. The number of rotatable bonds is 5. The Morgan fingerprint density at radius 1 is 1.06 bits per heavy atom. The quantitative estimate of drug-likeness (QED) is 0.432. The molecule has 0 bridgehead atoms. The van der Waals surface area contributed by atoms with E-state index in [0.29, 0.717) is 11.8 Å². The Morgan fingerprint density at radius 3 is 2.39 bits per heavy atom. The first kappa shape index (κ1) is 25.2. The first-order valence-corrected chi connectivity index (χ1v) is 13.4. The molecule has 0 spiro atoms. The molecule has 4 aliphatic carbocycles.